The van der Waals surface area contributed by atoms with Gasteiger partial charge in [0.25, 0.3) is 0 Å². The van der Waals surface area contributed by atoms with Crippen LogP contribution in [0.3, 0.4) is 0 Å². The monoisotopic (exact) mass is 614 g/mol. The van der Waals surface area contributed by atoms with Crippen LogP contribution in [-0.4, -0.2) is 82.4 Å². The number of phenolic OH excluding ortho intramolecular Hbond substituents is 1. The summed E-state index contributed by atoms with van der Waals surface area (Å²) in [7, 11) is 0. The van der Waals surface area contributed by atoms with Crippen molar-refractivity contribution in [3.63, 3.8) is 0 Å². The van der Waals surface area contributed by atoms with Crippen molar-refractivity contribution in [2.45, 2.75) is 64.7 Å². The molecule has 2 saturated heterocycles. The number of fused-ring (bicyclic) bond motifs is 1. The Morgan fingerprint density at radius 3 is 2.67 bits per heavy atom. The minimum absolute atomic E-state index is 0.0275. The summed E-state index contributed by atoms with van der Waals surface area (Å²) in [5, 5.41) is 23.9. The summed E-state index contributed by atoms with van der Waals surface area (Å²) >= 11 is 0.957. The standard InChI is InChI=1S/C32H43FN4O5S/c1-31(2,3)17-27(40)37-12-13-42-32(20-37)7-10-36(11-8-32)19-22-14-21(15-23(33)16-22)6-9-34-18-26(39)24-4-5-25(38)28-29(24)43-30(41)35-28/h4-5,14-16,26,34,38-39H,6-13,17-20H2,1-3H3,(H,35,41)/t26-/m0/s1. The highest BCUT2D eigenvalue weighted by Gasteiger charge is 2.41. The SMILES string of the molecule is CC(C)(C)CC(=O)N1CCOC2(CCN(Cc3cc(F)cc(CCNC[C@H](O)c4ccc(O)c5[nH]c(=O)sc45)c3)CC2)C1. The molecular formula is C32H43FN4O5S. The van der Waals surface area contributed by atoms with Crippen molar-refractivity contribution >= 4 is 27.5 Å². The van der Waals surface area contributed by atoms with E-state index in [9.17, 15) is 24.2 Å². The van der Waals surface area contributed by atoms with Gasteiger partial charge in [0.1, 0.15) is 17.1 Å². The number of amides is 1. The molecule has 0 bridgehead atoms. The van der Waals surface area contributed by atoms with E-state index in [-0.39, 0.29) is 39.9 Å². The molecule has 0 radical (unpaired) electrons. The van der Waals surface area contributed by atoms with Crippen molar-refractivity contribution in [1.82, 2.24) is 20.1 Å². The highest BCUT2D eigenvalue weighted by atomic mass is 32.1. The Bertz CT molecular complexity index is 1490. The van der Waals surface area contributed by atoms with Crippen molar-refractivity contribution in [3.8, 4) is 5.75 Å². The predicted molar refractivity (Wildman–Crippen MR) is 166 cm³/mol. The molecule has 0 aliphatic carbocycles. The second kappa shape index (κ2) is 13.0. The number of rotatable bonds is 9. The average molecular weight is 615 g/mol. The molecule has 234 valence electrons. The number of H-pyrrole nitrogens is 1. The summed E-state index contributed by atoms with van der Waals surface area (Å²) < 4.78 is 21.4. The van der Waals surface area contributed by atoms with E-state index in [0.717, 1.165) is 48.4 Å². The Morgan fingerprint density at radius 1 is 1.19 bits per heavy atom. The number of aromatic hydroxyl groups is 1. The summed E-state index contributed by atoms with van der Waals surface area (Å²) in [6.45, 7) is 11.2. The quantitative estimate of drug-likeness (QED) is 0.270. The van der Waals surface area contributed by atoms with Crippen LogP contribution in [0.4, 0.5) is 4.39 Å². The number of hydrogen-bond donors (Lipinski definition) is 4. The number of phenols is 1. The molecule has 2 aliphatic heterocycles. The molecule has 1 atom stereocenters. The summed E-state index contributed by atoms with van der Waals surface area (Å²) in [6, 6.07) is 8.26. The van der Waals surface area contributed by atoms with Gasteiger partial charge in [0.15, 0.2) is 0 Å². The van der Waals surface area contributed by atoms with Gasteiger partial charge in [-0.15, -0.1) is 0 Å². The lowest BCUT2D eigenvalue weighted by molar-refractivity contribution is -0.161. The molecule has 9 nitrogen and oxygen atoms in total. The number of aromatic amines is 1. The fourth-order valence-electron chi connectivity index (χ4n) is 6.14. The number of nitrogens with zero attached hydrogens (tertiary/aromatic N) is 2. The predicted octanol–water partition coefficient (Wildman–Crippen LogP) is 3.93. The van der Waals surface area contributed by atoms with E-state index < -0.39 is 6.10 Å². The van der Waals surface area contributed by atoms with E-state index >= 15 is 0 Å². The molecule has 43 heavy (non-hydrogen) atoms. The van der Waals surface area contributed by atoms with Crippen molar-refractivity contribution < 1.29 is 24.1 Å². The van der Waals surface area contributed by atoms with Gasteiger partial charge in [-0.05, 0) is 60.5 Å². The molecule has 0 unspecified atom stereocenters. The second-order valence-corrected chi connectivity index (χ2v) is 14.2. The third-order valence-corrected chi connectivity index (χ3v) is 9.28. The number of morpholine rings is 1. The summed E-state index contributed by atoms with van der Waals surface area (Å²) in [4.78, 5) is 31.2. The number of halogens is 1. The molecule has 1 amide bonds. The molecule has 1 spiro atoms. The zero-order valence-electron chi connectivity index (χ0n) is 25.2. The van der Waals surface area contributed by atoms with Crippen LogP contribution in [0.5, 0.6) is 5.75 Å². The molecule has 4 N–H and O–H groups in total. The Morgan fingerprint density at radius 2 is 1.93 bits per heavy atom. The van der Waals surface area contributed by atoms with Crippen LogP contribution in [-0.2, 0) is 22.5 Å². The first kappa shape index (κ1) is 31.6. The molecule has 1 aromatic heterocycles. The van der Waals surface area contributed by atoms with Crippen LogP contribution in [0.15, 0.2) is 35.1 Å². The van der Waals surface area contributed by atoms with E-state index in [1.54, 1.807) is 18.2 Å². The highest BCUT2D eigenvalue weighted by Crippen LogP contribution is 2.33. The summed E-state index contributed by atoms with van der Waals surface area (Å²) in [6.07, 6.45) is 1.94. The number of benzene rings is 2. The maximum absolute atomic E-state index is 14.6. The van der Waals surface area contributed by atoms with E-state index in [1.807, 2.05) is 11.0 Å². The molecule has 11 heteroatoms. The lowest BCUT2D eigenvalue weighted by Gasteiger charge is -2.47. The minimum Gasteiger partial charge on any atom is -0.506 e. The third-order valence-electron chi connectivity index (χ3n) is 8.35. The van der Waals surface area contributed by atoms with Crippen LogP contribution in [0.2, 0.25) is 0 Å². The number of hydrogen-bond acceptors (Lipinski definition) is 8. The molecule has 2 aromatic carbocycles. The largest absolute Gasteiger partial charge is 0.506 e. The number of carbonyl (C=O) groups is 1. The zero-order valence-corrected chi connectivity index (χ0v) is 26.1. The number of likely N-dealkylation sites (tertiary alicyclic amines) is 1. The van der Waals surface area contributed by atoms with Gasteiger partial charge in [-0.3, -0.25) is 14.5 Å². The van der Waals surface area contributed by atoms with Crippen molar-refractivity contribution in [2.24, 2.45) is 5.41 Å². The molecule has 3 aromatic rings. The minimum atomic E-state index is -0.864. The van der Waals surface area contributed by atoms with Crippen LogP contribution < -0.4 is 10.2 Å². The van der Waals surface area contributed by atoms with E-state index in [4.69, 9.17) is 4.74 Å². The van der Waals surface area contributed by atoms with E-state index in [1.165, 1.54) is 6.07 Å². The topological polar surface area (TPSA) is 118 Å². The van der Waals surface area contributed by atoms with Crippen molar-refractivity contribution in [3.05, 3.63) is 62.5 Å². The fourth-order valence-corrected chi connectivity index (χ4v) is 7.06. The van der Waals surface area contributed by atoms with Gasteiger partial charge in [0.2, 0.25) is 5.91 Å². The summed E-state index contributed by atoms with van der Waals surface area (Å²) in [5.41, 5.74) is 2.37. The summed E-state index contributed by atoms with van der Waals surface area (Å²) in [5.74, 6) is -0.0932. The van der Waals surface area contributed by atoms with E-state index in [2.05, 4.69) is 36.0 Å². The van der Waals surface area contributed by atoms with Gasteiger partial charge in [0.05, 0.1) is 23.0 Å². The fraction of sp³-hybridized carbons (Fsp3) is 0.562. The Labute approximate surface area is 255 Å². The maximum Gasteiger partial charge on any atom is 0.305 e. The van der Waals surface area contributed by atoms with Crippen molar-refractivity contribution in [2.75, 3.05) is 45.9 Å². The van der Waals surface area contributed by atoms with Crippen LogP contribution in [0.25, 0.3) is 10.2 Å². The normalized spacial score (nSPS) is 18.4. The van der Waals surface area contributed by atoms with Gasteiger partial charge in [-0.25, -0.2) is 4.39 Å². The number of aliphatic hydroxyl groups is 1. The van der Waals surface area contributed by atoms with Crippen LogP contribution in [0.1, 0.15) is 62.8 Å². The second-order valence-electron chi connectivity index (χ2n) is 13.2. The highest BCUT2D eigenvalue weighted by molar-refractivity contribution is 7.16. The Kier molecular flexibility index (Phi) is 9.58. The average Bonchev–Trinajstić information content (AvgIpc) is 3.34. The molecule has 5 rings (SSSR count). The van der Waals surface area contributed by atoms with E-state index in [0.29, 0.717) is 61.4 Å². The zero-order chi connectivity index (χ0) is 30.8. The maximum atomic E-state index is 14.6. The lowest BCUT2D eigenvalue weighted by atomic mass is 9.87. The molecule has 0 saturated carbocycles. The molecular weight excluding hydrogens is 571 g/mol. The number of aromatic nitrogens is 1. The van der Waals surface area contributed by atoms with Gasteiger partial charge < -0.3 is 30.2 Å². The van der Waals surface area contributed by atoms with Gasteiger partial charge in [-0.1, -0.05) is 44.2 Å². The van der Waals surface area contributed by atoms with Crippen LogP contribution in [0, 0.1) is 11.2 Å². The smallest absolute Gasteiger partial charge is 0.305 e. The number of piperidine rings is 1. The van der Waals surface area contributed by atoms with Gasteiger partial charge >= 0.3 is 4.87 Å². The number of aliphatic hydroxyl groups excluding tert-OH is 1. The molecule has 2 fully saturated rings. The van der Waals surface area contributed by atoms with Gasteiger partial charge in [-0.2, -0.15) is 0 Å². The number of nitrogens with one attached hydrogen (secondary N) is 2. The molecule has 2 aliphatic rings. The Hall–Kier alpha value is -2.83. The van der Waals surface area contributed by atoms with Crippen LogP contribution >= 0.6 is 11.3 Å². The Balaban J connectivity index is 1.10. The lowest BCUT2D eigenvalue weighted by Crippen LogP contribution is -2.58. The first-order chi connectivity index (χ1) is 20.4. The number of ether oxygens (including phenoxy) is 1. The van der Waals surface area contributed by atoms with Gasteiger partial charge in [0, 0.05) is 51.3 Å². The first-order valence-corrected chi connectivity index (χ1v) is 15.9. The first-order valence-electron chi connectivity index (χ1n) is 15.1. The van der Waals surface area contributed by atoms with Crippen molar-refractivity contribution in [1.29, 1.82) is 0 Å². The number of thiazole rings is 1. The number of carbonyl (C=O) groups excluding carboxylic acids is 1. The third kappa shape index (κ3) is 8.02. The molecule has 3 heterocycles.